The SMILES string of the molecule is CCC(C)(C)c1cc(C)c(C)c(C)c1S. The van der Waals surface area contributed by atoms with E-state index in [1.165, 1.54) is 27.1 Å². The van der Waals surface area contributed by atoms with Crippen molar-refractivity contribution in [1.82, 2.24) is 0 Å². The summed E-state index contributed by atoms with van der Waals surface area (Å²) in [6.45, 7) is 13.3. The van der Waals surface area contributed by atoms with E-state index in [2.05, 4.69) is 60.2 Å². The van der Waals surface area contributed by atoms with E-state index in [4.69, 9.17) is 0 Å². The van der Waals surface area contributed by atoms with Crippen LogP contribution < -0.4 is 0 Å². The van der Waals surface area contributed by atoms with Gasteiger partial charge in [0.2, 0.25) is 0 Å². The van der Waals surface area contributed by atoms with Crippen molar-refractivity contribution in [2.45, 2.75) is 58.3 Å². The molecule has 0 saturated heterocycles. The maximum Gasteiger partial charge on any atom is 0.0110 e. The molecule has 0 radical (unpaired) electrons. The standard InChI is InChI=1S/C14H22S/c1-7-14(5,6)12-8-9(2)10(3)11(4)13(12)15/h8,15H,7H2,1-6H3. The molecule has 0 bridgehead atoms. The number of rotatable bonds is 2. The molecule has 0 aliphatic heterocycles. The van der Waals surface area contributed by atoms with Crippen LogP contribution in [0.5, 0.6) is 0 Å². The Morgan fingerprint density at radius 1 is 1.13 bits per heavy atom. The zero-order chi connectivity index (χ0) is 11.8. The normalized spacial score (nSPS) is 11.9. The molecule has 15 heavy (non-hydrogen) atoms. The summed E-state index contributed by atoms with van der Waals surface area (Å²) >= 11 is 4.68. The lowest BCUT2D eigenvalue weighted by Crippen LogP contribution is -2.17. The zero-order valence-electron chi connectivity index (χ0n) is 10.7. The lowest BCUT2D eigenvalue weighted by atomic mass is 9.80. The van der Waals surface area contributed by atoms with Crippen LogP contribution in [-0.2, 0) is 5.41 Å². The van der Waals surface area contributed by atoms with Crippen molar-refractivity contribution in [1.29, 1.82) is 0 Å². The molecule has 0 N–H and O–H groups in total. The molecular weight excluding hydrogens is 200 g/mol. The summed E-state index contributed by atoms with van der Waals surface area (Å²) in [5.74, 6) is 0. The minimum absolute atomic E-state index is 0.223. The van der Waals surface area contributed by atoms with E-state index in [1.807, 2.05) is 0 Å². The predicted octanol–water partition coefficient (Wildman–Crippen LogP) is 4.59. The molecule has 0 heterocycles. The average Bonchev–Trinajstić information content (AvgIpc) is 2.20. The molecule has 0 atom stereocenters. The van der Waals surface area contributed by atoms with E-state index < -0.39 is 0 Å². The Hall–Kier alpha value is -0.430. The largest absolute Gasteiger partial charge is 0.143 e. The van der Waals surface area contributed by atoms with Crippen LogP contribution in [0.2, 0.25) is 0 Å². The van der Waals surface area contributed by atoms with Crippen molar-refractivity contribution >= 4 is 12.6 Å². The quantitative estimate of drug-likeness (QED) is 0.695. The summed E-state index contributed by atoms with van der Waals surface area (Å²) in [6.07, 6.45) is 1.14. The highest BCUT2D eigenvalue weighted by Crippen LogP contribution is 2.35. The van der Waals surface area contributed by atoms with E-state index in [0.717, 1.165) is 6.42 Å². The fourth-order valence-electron chi connectivity index (χ4n) is 1.77. The van der Waals surface area contributed by atoms with Crippen LogP contribution in [0.15, 0.2) is 11.0 Å². The number of benzene rings is 1. The van der Waals surface area contributed by atoms with E-state index in [9.17, 15) is 0 Å². The lowest BCUT2D eigenvalue weighted by molar-refractivity contribution is 0.496. The number of hydrogen-bond donors (Lipinski definition) is 1. The van der Waals surface area contributed by atoms with Gasteiger partial charge in [-0.3, -0.25) is 0 Å². The lowest BCUT2D eigenvalue weighted by Gasteiger charge is -2.27. The highest BCUT2D eigenvalue weighted by atomic mass is 32.1. The molecule has 0 amide bonds. The Kier molecular flexibility index (Phi) is 3.55. The number of thiol groups is 1. The Labute approximate surface area is 99.5 Å². The number of aryl methyl sites for hydroxylation is 1. The minimum Gasteiger partial charge on any atom is -0.143 e. The monoisotopic (exact) mass is 222 g/mol. The summed E-state index contributed by atoms with van der Waals surface area (Å²) in [5.41, 5.74) is 5.68. The summed E-state index contributed by atoms with van der Waals surface area (Å²) < 4.78 is 0. The minimum atomic E-state index is 0.223. The summed E-state index contributed by atoms with van der Waals surface area (Å²) in [4.78, 5) is 1.17. The molecular formula is C14H22S. The van der Waals surface area contributed by atoms with Gasteiger partial charge in [0.1, 0.15) is 0 Å². The van der Waals surface area contributed by atoms with E-state index in [1.54, 1.807) is 0 Å². The molecule has 0 aliphatic carbocycles. The van der Waals surface area contributed by atoms with Gasteiger partial charge >= 0.3 is 0 Å². The smallest absolute Gasteiger partial charge is 0.0110 e. The molecule has 1 heteroatoms. The Bertz CT molecular complexity index is 375. The van der Waals surface area contributed by atoms with Crippen molar-refractivity contribution in [3.8, 4) is 0 Å². The molecule has 0 nitrogen and oxygen atoms in total. The van der Waals surface area contributed by atoms with Crippen molar-refractivity contribution in [3.05, 3.63) is 28.3 Å². The van der Waals surface area contributed by atoms with E-state index in [0.29, 0.717) is 0 Å². The summed E-state index contributed by atoms with van der Waals surface area (Å²) in [5, 5.41) is 0. The first kappa shape index (κ1) is 12.6. The second kappa shape index (κ2) is 4.21. The van der Waals surface area contributed by atoms with E-state index in [-0.39, 0.29) is 5.41 Å². The average molecular weight is 222 g/mol. The fraction of sp³-hybridized carbons (Fsp3) is 0.571. The van der Waals surface area contributed by atoms with Crippen LogP contribution >= 0.6 is 12.6 Å². The first-order valence-corrected chi connectivity index (χ1v) is 6.06. The van der Waals surface area contributed by atoms with Gasteiger partial charge in [-0.15, -0.1) is 12.6 Å². The van der Waals surface area contributed by atoms with Crippen LogP contribution in [0.25, 0.3) is 0 Å². The topological polar surface area (TPSA) is 0 Å². The third-order valence-corrected chi connectivity index (χ3v) is 4.31. The zero-order valence-corrected chi connectivity index (χ0v) is 11.6. The van der Waals surface area contributed by atoms with Crippen LogP contribution in [0.1, 0.15) is 49.4 Å². The van der Waals surface area contributed by atoms with Crippen LogP contribution in [0, 0.1) is 20.8 Å². The first-order valence-electron chi connectivity index (χ1n) is 5.61. The molecule has 0 spiro atoms. The molecule has 1 aromatic rings. The third kappa shape index (κ3) is 2.23. The van der Waals surface area contributed by atoms with Gasteiger partial charge in [0, 0.05) is 4.90 Å². The van der Waals surface area contributed by atoms with Crippen molar-refractivity contribution < 1.29 is 0 Å². The Balaban J connectivity index is 3.45. The molecule has 0 aliphatic rings. The maximum absolute atomic E-state index is 4.68. The molecule has 1 rings (SSSR count). The van der Waals surface area contributed by atoms with Gasteiger partial charge < -0.3 is 0 Å². The maximum atomic E-state index is 4.68. The molecule has 0 fully saturated rings. The molecule has 0 aromatic heterocycles. The third-order valence-electron chi connectivity index (χ3n) is 3.74. The highest BCUT2D eigenvalue weighted by molar-refractivity contribution is 7.80. The summed E-state index contributed by atoms with van der Waals surface area (Å²) in [6, 6.07) is 2.30. The van der Waals surface area contributed by atoms with Gasteiger partial charge in [-0.05, 0) is 54.9 Å². The van der Waals surface area contributed by atoms with Crippen molar-refractivity contribution in [2.24, 2.45) is 0 Å². The highest BCUT2D eigenvalue weighted by Gasteiger charge is 2.22. The van der Waals surface area contributed by atoms with E-state index >= 15 is 0 Å². The van der Waals surface area contributed by atoms with Gasteiger partial charge in [-0.2, -0.15) is 0 Å². The fourth-order valence-corrected chi connectivity index (χ4v) is 2.31. The summed E-state index contributed by atoms with van der Waals surface area (Å²) in [7, 11) is 0. The first-order chi connectivity index (χ1) is 6.81. The molecule has 0 saturated carbocycles. The molecule has 1 aromatic carbocycles. The van der Waals surface area contributed by atoms with Crippen LogP contribution in [0.3, 0.4) is 0 Å². The van der Waals surface area contributed by atoms with Gasteiger partial charge in [0.25, 0.3) is 0 Å². The second-order valence-corrected chi connectivity index (χ2v) is 5.52. The van der Waals surface area contributed by atoms with Crippen molar-refractivity contribution in [2.75, 3.05) is 0 Å². The van der Waals surface area contributed by atoms with Gasteiger partial charge in [-0.25, -0.2) is 0 Å². The van der Waals surface area contributed by atoms with Crippen LogP contribution in [0.4, 0.5) is 0 Å². The van der Waals surface area contributed by atoms with Crippen LogP contribution in [-0.4, -0.2) is 0 Å². The van der Waals surface area contributed by atoms with Gasteiger partial charge in [0.05, 0.1) is 0 Å². The number of hydrogen-bond acceptors (Lipinski definition) is 1. The molecule has 84 valence electrons. The van der Waals surface area contributed by atoms with Gasteiger partial charge in [0.15, 0.2) is 0 Å². The molecule has 0 unspecified atom stereocenters. The second-order valence-electron chi connectivity index (χ2n) is 5.08. The van der Waals surface area contributed by atoms with Gasteiger partial charge in [-0.1, -0.05) is 26.8 Å². The van der Waals surface area contributed by atoms with Crippen molar-refractivity contribution in [3.63, 3.8) is 0 Å². The Morgan fingerprint density at radius 2 is 1.67 bits per heavy atom. The predicted molar refractivity (Wildman–Crippen MR) is 71.2 cm³/mol. The Morgan fingerprint density at radius 3 is 2.13 bits per heavy atom.